The number of carbonyl (C=O) groups excluding carboxylic acids is 1. The fourth-order valence-electron chi connectivity index (χ4n) is 2.09. The summed E-state index contributed by atoms with van der Waals surface area (Å²) >= 11 is 5.93. The number of aliphatic carboxylic acids is 1. The third kappa shape index (κ3) is 3.23. The van der Waals surface area contributed by atoms with E-state index in [4.69, 9.17) is 16.7 Å². The van der Waals surface area contributed by atoms with Gasteiger partial charge in [-0.25, -0.2) is 4.39 Å². The van der Waals surface area contributed by atoms with E-state index in [2.05, 4.69) is 5.32 Å². The Kier molecular flexibility index (Phi) is 4.04. The van der Waals surface area contributed by atoms with Gasteiger partial charge in [0.2, 0.25) is 5.91 Å². The van der Waals surface area contributed by atoms with Gasteiger partial charge >= 0.3 is 5.97 Å². The first-order valence-corrected chi connectivity index (χ1v) is 6.32. The lowest BCUT2D eigenvalue weighted by atomic mass is 10.1. The highest BCUT2D eigenvalue weighted by atomic mass is 35.5. The van der Waals surface area contributed by atoms with Gasteiger partial charge in [-0.3, -0.25) is 9.59 Å². The van der Waals surface area contributed by atoms with Crippen LogP contribution in [0.25, 0.3) is 0 Å². The van der Waals surface area contributed by atoms with Gasteiger partial charge in [0.25, 0.3) is 0 Å². The summed E-state index contributed by atoms with van der Waals surface area (Å²) in [6.45, 7) is 0.0857. The second-order valence-corrected chi connectivity index (χ2v) is 4.93. The van der Waals surface area contributed by atoms with Crippen molar-refractivity contribution in [1.29, 1.82) is 0 Å². The Labute approximate surface area is 114 Å². The number of nitrogens with one attached hydrogen (secondary N) is 1. The number of hydrogen-bond acceptors (Lipinski definition) is 2. The molecule has 2 atom stereocenters. The maximum atomic E-state index is 13.6. The van der Waals surface area contributed by atoms with E-state index in [-0.39, 0.29) is 30.7 Å². The molecule has 1 aliphatic rings. The van der Waals surface area contributed by atoms with Crippen LogP contribution in [0.5, 0.6) is 0 Å². The second kappa shape index (κ2) is 5.57. The van der Waals surface area contributed by atoms with E-state index >= 15 is 0 Å². The molecule has 0 aliphatic heterocycles. The van der Waals surface area contributed by atoms with Crippen LogP contribution in [0, 0.1) is 11.7 Å². The van der Waals surface area contributed by atoms with Gasteiger partial charge < -0.3 is 10.4 Å². The maximum absolute atomic E-state index is 13.6. The molecule has 0 spiro atoms. The molecule has 0 unspecified atom stereocenters. The Morgan fingerprint density at radius 2 is 2.21 bits per heavy atom. The molecule has 0 radical (unpaired) electrons. The molecule has 2 rings (SSSR count). The van der Waals surface area contributed by atoms with E-state index in [1.54, 1.807) is 6.07 Å². The molecule has 0 aromatic heterocycles. The van der Waals surface area contributed by atoms with Gasteiger partial charge in [0, 0.05) is 29.0 Å². The summed E-state index contributed by atoms with van der Waals surface area (Å²) < 4.78 is 13.6. The van der Waals surface area contributed by atoms with Crippen molar-refractivity contribution < 1.29 is 19.1 Å². The Morgan fingerprint density at radius 3 is 2.84 bits per heavy atom. The molecule has 1 fully saturated rings. The van der Waals surface area contributed by atoms with E-state index in [1.165, 1.54) is 12.1 Å². The van der Waals surface area contributed by atoms with Gasteiger partial charge in [0.05, 0.1) is 6.42 Å². The Bertz CT molecular complexity index is 500. The van der Waals surface area contributed by atoms with Crippen molar-refractivity contribution in [3.05, 3.63) is 34.6 Å². The summed E-state index contributed by atoms with van der Waals surface area (Å²) in [7, 11) is 0. The molecule has 1 saturated carbocycles. The number of amides is 1. The lowest BCUT2D eigenvalue weighted by Crippen LogP contribution is -2.27. The highest BCUT2D eigenvalue weighted by molar-refractivity contribution is 6.31. The Hall–Kier alpha value is -1.62. The first-order valence-electron chi connectivity index (χ1n) is 5.94. The predicted octanol–water partition coefficient (Wildman–Crippen LogP) is 2.17. The predicted molar refractivity (Wildman–Crippen MR) is 67.5 cm³/mol. The molecular weight excluding hydrogens is 273 g/mol. The largest absolute Gasteiger partial charge is 0.481 e. The number of carbonyl (C=O) groups is 2. The van der Waals surface area contributed by atoms with Gasteiger partial charge in [0.1, 0.15) is 5.82 Å². The van der Waals surface area contributed by atoms with Crippen molar-refractivity contribution in [2.45, 2.75) is 18.8 Å². The van der Waals surface area contributed by atoms with Crippen molar-refractivity contribution in [2.75, 3.05) is 6.54 Å². The standard InChI is InChI=1S/C13H13ClFNO3/c14-9-2-1-3-10(15)12(9)7-6-8(7)13(19)16-5-4-11(17)18/h1-3,7-8H,4-6H2,(H,16,19)(H,17,18)/t7-,8-/m0/s1. The molecule has 0 saturated heterocycles. The topological polar surface area (TPSA) is 66.4 Å². The van der Waals surface area contributed by atoms with Gasteiger partial charge in [-0.1, -0.05) is 17.7 Å². The van der Waals surface area contributed by atoms with Crippen LogP contribution < -0.4 is 5.32 Å². The lowest BCUT2D eigenvalue weighted by Gasteiger charge is -2.06. The molecule has 6 heteroatoms. The summed E-state index contributed by atoms with van der Waals surface area (Å²) in [5.41, 5.74) is 0.377. The first kappa shape index (κ1) is 13.8. The molecule has 1 amide bonds. The zero-order chi connectivity index (χ0) is 14.0. The van der Waals surface area contributed by atoms with Crippen LogP contribution >= 0.6 is 11.6 Å². The monoisotopic (exact) mass is 285 g/mol. The number of carboxylic acids is 1. The third-order valence-corrected chi connectivity index (χ3v) is 3.47. The van der Waals surface area contributed by atoms with Crippen molar-refractivity contribution >= 4 is 23.5 Å². The normalized spacial score (nSPS) is 20.9. The van der Waals surface area contributed by atoms with Crippen LogP contribution in [0.1, 0.15) is 24.3 Å². The molecule has 4 nitrogen and oxygen atoms in total. The maximum Gasteiger partial charge on any atom is 0.305 e. The quantitative estimate of drug-likeness (QED) is 0.871. The SMILES string of the molecule is O=C(O)CCNC(=O)[C@H]1C[C@@H]1c1c(F)cccc1Cl. The zero-order valence-corrected chi connectivity index (χ0v) is 10.8. The van der Waals surface area contributed by atoms with Gasteiger partial charge in [-0.15, -0.1) is 0 Å². The minimum Gasteiger partial charge on any atom is -0.481 e. The average molecular weight is 286 g/mol. The summed E-state index contributed by atoms with van der Waals surface area (Å²) in [6.07, 6.45) is 0.420. The highest BCUT2D eigenvalue weighted by Crippen LogP contribution is 2.50. The summed E-state index contributed by atoms with van der Waals surface area (Å²) in [5.74, 6) is -2.14. The van der Waals surface area contributed by atoms with Gasteiger partial charge in [-0.2, -0.15) is 0 Å². The van der Waals surface area contributed by atoms with E-state index in [1.807, 2.05) is 0 Å². The number of halogens is 2. The Morgan fingerprint density at radius 1 is 1.47 bits per heavy atom. The first-order chi connectivity index (χ1) is 9.00. The molecule has 1 aromatic rings. The Balaban J connectivity index is 1.93. The molecule has 0 heterocycles. The van der Waals surface area contributed by atoms with E-state index in [0.29, 0.717) is 17.0 Å². The molecule has 1 aliphatic carbocycles. The van der Waals surface area contributed by atoms with E-state index in [9.17, 15) is 14.0 Å². The number of rotatable bonds is 5. The molecule has 2 N–H and O–H groups in total. The van der Waals surface area contributed by atoms with E-state index in [0.717, 1.165) is 0 Å². The van der Waals surface area contributed by atoms with Gasteiger partial charge in [0.15, 0.2) is 0 Å². The van der Waals surface area contributed by atoms with Crippen molar-refractivity contribution in [1.82, 2.24) is 5.32 Å². The van der Waals surface area contributed by atoms with Crippen LogP contribution in [-0.2, 0) is 9.59 Å². The summed E-state index contributed by atoms with van der Waals surface area (Å²) in [5, 5.41) is 11.3. The van der Waals surface area contributed by atoms with Crippen LogP contribution in [0.15, 0.2) is 18.2 Å². The number of benzene rings is 1. The van der Waals surface area contributed by atoms with Gasteiger partial charge in [-0.05, 0) is 18.6 Å². The zero-order valence-electron chi connectivity index (χ0n) is 10.0. The van der Waals surface area contributed by atoms with Crippen molar-refractivity contribution in [2.24, 2.45) is 5.92 Å². The van der Waals surface area contributed by atoms with Crippen molar-refractivity contribution in [3.8, 4) is 0 Å². The fourth-order valence-corrected chi connectivity index (χ4v) is 2.40. The van der Waals surface area contributed by atoms with Crippen LogP contribution in [0.4, 0.5) is 4.39 Å². The molecule has 19 heavy (non-hydrogen) atoms. The molecular formula is C13H13ClFNO3. The second-order valence-electron chi connectivity index (χ2n) is 4.52. The van der Waals surface area contributed by atoms with Crippen molar-refractivity contribution in [3.63, 3.8) is 0 Å². The van der Waals surface area contributed by atoms with Crippen LogP contribution in [-0.4, -0.2) is 23.5 Å². The minimum absolute atomic E-state index is 0.0857. The van der Waals surface area contributed by atoms with E-state index < -0.39 is 11.8 Å². The minimum atomic E-state index is -0.968. The smallest absolute Gasteiger partial charge is 0.305 e. The van der Waals surface area contributed by atoms with Crippen LogP contribution in [0.2, 0.25) is 5.02 Å². The summed E-state index contributed by atoms with van der Waals surface area (Å²) in [4.78, 5) is 22.0. The molecule has 102 valence electrons. The molecule has 1 aromatic carbocycles. The summed E-state index contributed by atoms with van der Waals surface area (Å²) in [6, 6.07) is 4.43. The number of carboxylic acid groups (broad SMARTS) is 1. The highest BCUT2D eigenvalue weighted by Gasteiger charge is 2.46. The lowest BCUT2D eigenvalue weighted by molar-refractivity contribution is -0.136. The van der Waals surface area contributed by atoms with Crippen LogP contribution in [0.3, 0.4) is 0 Å². The average Bonchev–Trinajstić information content (AvgIpc) is 3.08. The number of hydrogen-bond donors (Lipinski definition) is 2. The fraction of sp³-hybridized carbons (Fsp3) is 0.385. The molecule has 0 bridgehead atoms. The third-order valence-electron chi connectivity index (χ3n) is 3.14.